The highest BCUT2D eigenvalue weighted by molar-refractivity contribution is 7.09. The maximum absolute atomic E-state index is 5.21. The number of aryl methyl sites for hydroxylation is 1. The molecule has 0 atom stereocenters. The molecule has 0 N–H and O–H groups in total. The number of ether oxygens (including phenoxy) is 1. The van der Waals surface area contributed by atoms with Crippen molar-refractivity contribution in [3.8, 4) is 5.75 Å². The molecule has 0 saturated carbocycles. The molecule has 0 amide bonds. The van der Waals surface area contributed by atoms with E-state index >= 15 is 0 Å². The number of piperazine rings is 1. The highest BCUT2D eigenvalue weighted by Crippen LogP contribution is 2.20. The second kappa shape index (κ2) is 9.15. The van der Waals surface area contributed by atoms with Crippen LogP contribution in [0.25, 0.3) is 0 Å². The third-order valence-electron chi connectivity index (χ3n) is 4.73. The zero-order valence-corrected chi connectivity index (χ0v) is 16.1. The van der Waals surface area contributed by atoms with Crippen LogP contribution in [0.3, 0.4) is 0 Å². The molecule has 2 aromatic rings. The SMILES string of the molecule is CCCCc1nsc(N2CCN(CCc3ccc(OC)cc3)CC2)n1. The Hall–Kier alpha value is -1.66. The Balaban J connectivity index is 1.42. The predicted molar refractivity (Wildman–Crippen MR) is 104 cm³/mol. The van der Waals surface area contributed by atoms with Gasteiger partial charge in [0.25, 0.3) is 0 Å². The van der Waals surface area contributed by atoms with E-state index in [1.165, 1.54) is 18.4 Å². The summed E-state index contributed by atoms with van der Waals surface area (Å²) in [6.45, 7) is 7.60. The highest BCUT2D eigenvalue weighted by Gasteiger charge is 2.19. The Bertz CT molecular complexity index is 635. The predicted octanol–water partition coefficient (Wildman–Crippen LogP) is 3.25. The van der Waals surface area contributed by atoms with Crippen molar-refractivity contribution in [3.05, 3.63) is 35.7 Å². The minimum absolute atomic E-state index is 0.924. The van der Waals surface area contributed by atoms with Gasteiger partial charge in [-0.2, -0.15) is 4.37 Å². The second-order valence-electron chi connectivity index (χ2n) is 6.52. The van der Waals surface area contributed by atoms with E-state index in [1.54, 1.807) is 18.6 Å². The van der Waals surface area contributed by atoms with E-state index in [4.69, 9.17) is 9.72 Å². The lowest BCUT2D eigenvalue weighted by Gasteiger charge is -2.34. The van der Waals surface area contributed by atoms with Crippen molar-refractivity contribution in [3.63, 3.8) is 0 Å². The van der Waals surface area contributed by atoms with Gasteiger partial charge in [0.2, 0.25) is 5.13 Å². The van der Waals surface area contributed by atoms with Gasteiger partial charge in [-0.15, -0.1) is 0 Å². The van der Waals surface area contributed by atoms with Crippen molar-refractivity contribution in [2.24, 2.45) is 0 Å². The van der Waals surface area contributed by atoms with Crippen molar-refractivity contribution in [1.82, 2.24) is 14.3 Å². The van der Waals surface area contributed by atoms with Gasteiger partial charge in [0.1, 0.15) is 11.6 Å². The lowest BCUT2D eigenvalue weighted by atomic mass is 10.1. The van der Waals surface area contributed by atoms with Crippen LogP contribution in [0.4, 0.5) is 5.13 Å². The average Bonchev–Trinajstić information content (AvgIpc) is 3.14. The lowest BCUT2D eigenvalue weighted by molar-refractivity contribution is 0.261. The van der Waals surface area contributed by atoms with E-state index in [1.807, 2.05) is 12.1 Å². The molecule has 0 unspecified atom stereocenters. The fourth-order valence-electron chi connectivity index (χ4n) is 3.05. The topological polar surface area (TPSA) is 41.5 Å². The molecule has 1 fully saturated rings. The van der Waals surface area contributed by atoms with Crippen LogP contribution in [-0.2, 0) is 12.8 Å². The van der Waals surface area contributed by atoms with Crippen LogP contribution >= 0.6 is 11.5 Å². The Kier molecular flexibility index (Phi) is 6.64. The molecule has 2 heterocycles. The van der Waals surface area contributed by atoms with Crippen molar-refractivity contribution >= 4 is 16.7 Å². The summed E-state index contributed by atoms with van der Waals surface area (Å²) >= 11 is 1.56. The van der Waals surface area contributed by atoms with Crippen LogP contribution in [0.1, 0.15) is 31.2 Å². The van der Waals surface area contributed by atoms with Gasteiger partial charge in [-0.3, -0.25) is 4.90 Å². The van der Waals surface area contributed by atoms with E-state index in [2.05, 4.69) is 33.2 Å². The van der Waals surface area contributed by atoms with E-state index < -0.39 is 0 Å². The van der Waals surface area contributed by atoms with Crippen molar-refractivity contribution in [1.29, 1.82) is 0 Å². The Morgan fingerprint density at radius 3 is 2.52 bits per heavy atom. The third-order valence-corrected chi connectivity index (χ3v) is 5.54. The summed E-state index contributed by atoms with van der Waals surface area (Å²) in [6, 6.07) is 8.40. The van der Waals surface area contributed by atoms with Crippen molar-refractivity contribution in [2.75, 3.05) is 44.7 Å². The number of aromatic nitrogens is 2. The van der Waals surface area contributed by atoms with E-state index in [0.29, 0.717) is 0 Å². The molecule has 25 heavy (non-hydrogen) atoms. The molecule has 1 aliphatic heterocycles. The van der Waals surface area contributed by atoms with E-state index in [9.17, 15) is 0 Å². The van der Waals surface area contributed by atoms with Gasteiger partial charge in [-0.05, 0) is 30.5 Å². The first-order valence-corrected chi connectivity index (χ1v) is 9.98. The first kappa shape index (κ1) is 18.1. The molecule has 1 aromatic carbocycles. The Labute approximate surface area is 154 Å². The van der Waals surface area contributed by atoms with Gasteiger partial charge in [0.15, 0.2) is 0 Å². The van der Waals surface area contributed by atoms with E-state index in [0.717, 1.165) is 62.3 Å². The number of benzene rings is 1. The van der Waals surface area contributed by atoms with Gasteiger partial charge in [-0.25, -0.2) is 4.98 Å². The first-order valence-electron chi connectivity index (χ1n) is 9.21. The zero-order chi connectivity index (χ0) is 17.5. The summed E-state index contributed by atoms with van der Waals surface area (Å²) in [5.41, 5.74) is 1.37. The minimum atomic E-state index is 0.924. The third kappa shape index (κ3) is 5.16. The van der Waals surface area contributed by atoms with Gasteiger partial charge < -0.3 is 9.64 Å². The van der Waals surface area contributed by atoms with Crippen LogP contribution in [0.2, 0.25) is 0 Å². The molecule has 0 aliphatic carbocycles. The number of unbranched alkanes of at least 4 members (excludes halogenated alkanes) is 1. The molecule has 0 bridgehead atoms. The largest absolute Gasteiger partial charge is 0.497 e. The Morgan fingerprint density at radius 2 is 1.84 bits per heavy atom. The normalized spacial score (nSPS) is 15.5. The lowest BCUT2D eigenvalue weighted by Crippen LogP contribution is -2.47. The molecule has 6 heteroatoms. The van der Waals surface area contributed by atoms with Gasteiger partial charge in [0, 0.05) is 50.7 Å². The summed E-state index contributed by atoms with van der Waals surface area (Å²) < 4.78 is 9.72. The summed E-state index contributed by atoms with van der Waals surface area (Å²) in [6.07, 6.45) is 4.47. The van der Waals surface area contributed by atoms with Crippen LogP contribution in [0.5, 0.6) is 5.75 Å². The smallest absolute Gasteiger partial charge is 0.205 e. The number of hydrogen-bond donors (Lipinski definition) is 0. The molecule has 5 nitrogen and oxygen atoms in total. The maximum Gasteiger partial charge on any atom is 0.205 e. The molecule has 3 rings (SSSR count). The van der Waals surface area contributed by atoms with Crippen molar-refractivity contribution in [2.45, 2.75) is 32.6 Å². The van der Waals surface area contributed by atoms with Gasteiger partial charge >= 0.3 is 0 Å². The van der Waals surface area contributed by atoms with Gasteiger partial charge in [-0.1, -0.05) is 25.5 Å². The maximum atomic E-state index is 5.21. The fraction of sp³-hybridized carbons (Fsp3) is 0.579. The number of hydrogen-bond acceptors (Lipinski definition) is 6. The molecule has 0 radical (unpaired) electrons. The van der Waals surface area contributed by atoms with Crippen LogP contribution in [-0.4, -0.2) is 54.1 Å². The number of anilines is 1. The molecule has 0 spiro atoms. The second-order valence-corrected chi connectivity index (χ2v) is 7.25. The molecule has 136 valence electrons. The summed E-state index contributed by atoms with van der Waals surface area (Å²) in [4.78, 5) is 9.64. The number of methoxy groups -OCH3 is 1. The fourth-order valence-corrected chi connectivity index (χ4v) is 3.82. The number of nitrogens with zero attached hydrogens (tertiary/aromatic N) is 4. The van der Waals surface area contributed by atoms with E-state index in [-0.39, 0.29) is 0 Å². The van der Waals surface area contributed by atoms with Crippen LogP contribution in [0, 0.1) is 0 Å². The highest BCUT2D eigenvalue weighted by atomic mass is 32.1. The minimum Gasteiger partial charge on any atom is -0.497 e. The van der Waals surface area contributed by atoms with Crippen LogP contribution < -0.4 is 9.64 Å². The summed E-state index contributed by atoms with van der Waals surface area (Å²) in [5.74, 6) is 1.94. The quantitative estimate of drug-likeness (QED) is 0.723. The molecule has 1 saturated heterocycles. The number of rotatable bonds is 8. The molecule has 1 aliphatic rings. The summed E-state index contributed by atoms with van der Waals surface area (Å²) in [5, 5.41) is 1.10. The monoisotopic (exact) mass is 360 g/mol. The van der Waals surface area contributed by atoms with Gasteiger partial charge in [0.05, 0.1) is 7.11 Å². The standard InChI is InChI=1S/C19H28N4OS/c1-3-4-5-18-20-19(25-21-18)23-14-12-22(13-15-23)11-10-16-6-8-17(24-2)9-7-16/h6-9H,3-5,10-15H2,1-2H3. The van der Waals surface area contributed by atoms with Crippen LogP contribution in [0.15, 0.2) is 24.3 Å². The zero-order valence-electron chi connectivity index (χ0n) is 15.3. The summed E-state index contributed by atoms with van der Waals surface area (Å²) in [7, 11) is 1.71. The molecule has 1 aromatic heterocycles. The Morgan fingerprint density at radius 1 is 1.08 bits per heavy atom. The molecular weight excluding hydrogens is 332 g/mol. The van der Waals surface area contributed by atoms with Crippen molar-refractivity contribution < 1.29 is 4.74 Å². The first-order chi connectivity index (χ1) is 12.3. The average molecular weight is 361 g/mol. The molecular formula is C19H28N4OS.